The van der Waals surface area contributed by atoms with Gasteiger partial charge in [-0.3, -0.25) is 19.3 Å². The second-order valence-corrected chi connectivity index (χ2v) is 8.00. The van der Waals surface area contributed by atoms with Crippen molar-refractivity contribution in [3.05, 3.63) is 20.3 Å². The lowest BCUT2D eigenvalue weighted by atomic mass is 10.00. The van der Waals surface area contributed by atoms with Gasteiger partial charge in [-0.25, -0.2) is 0 Å². The third kappa shape index (κ3) is 2.51. The van der Waals surface area contributed by atoms with Crippen molar-refractivity contribution < 1.29 is 14.4 Å². The number of likely N-dealkylation sites (tertiary alicyclic amines) is 1. The summed E-state index contributed by atoms with van der Waals surface area (Å²) in [6.45, 7) is 1.80. The Balaban J connectivity index is 1.77. The van der Waals surface area contributed by atoms with Crippen LogP contribution in [0.1, 0.15) is 30.1 Å². The number of nitrogens with zero attached hydrogens (tertiary/aromatic N) is 1. The van der Waals surface area contributed by atoms with Crippen LogP contribution in [0.2, 0.25) is 8.67 Å². The summed E-state index contributed by atoms with van der Waals surface area (Å²) in [5.41, 5.74) is 0.276. The summed E-state index contributed by atoms with van der Waals surface area (Å²) in [6.07, 6.45) is 1.45. The van der Waals surface area contributed by atoms with E-state index in [1.807, 2.05) is 6.92 Å². The normalized spacial score (nSPS) is 28.3. The first-order chi connectivity index (χ1) is 9.88. The second-order valence-electron chi connectivity index (χ2n) is 5.71. The van der Waals surface area contributed by atoms with Gasteiger partial charge >= 0.3 is 0 Å². The van der Waals surface area contributed by atoms with E-state index in [1.165, 1.54) is 6.07 Å². The summed E-state index contributed by atoms with van der Waals surface area (Å²) in [5, 5.41) is 0. The Bertz CT molecular complexity index is 618. The van der Waals surface area contributed by atoms with E-state index in [-0.39, 0.29) is 45.9 Å². The quantitative estimate of drug-likeness (QED) is 0.624. The second kappa shape index (κ2) is 5.38. The van der Waals surface area contributed by atoms with E-state index in [9.17, 15) is 14.4 Å². The molecule has 0 radical (unpaired) electrons. The molecular weight excluding hydrogens is 333 g/mol. The van der Waals surface area contributed by atoms with Gasteiger partial charge in [-0.15, -0.1) is 11.3 Å². The fraction of sp³-hybridized carbons (Fsp3) is 0.500. The summed E-state index contributed by atoms with van der Waals surface area (Å²) >= 11 is 12.8. The zero-order valence-electron chi connectivity index (χ0n) is 11.3. The van der Waals surface area contributed by atoms with Crippen LogP contribution in [0, 0.1) is 17.8 Å². The number of carbonyl (C=O) groups excluding carboxylic acids is 3. The highest BCUT2D eigenvalue weighted by atomic mass is 35.5. The Morgan fingerprint density at radius 2 is 1.86 bits per heavy atom. The maximum Gasteiger partial charge on any atom is 0.233 e. The highest BCUT2D eigenvalue weighted by molar-refractivity contribution is 7.20. The molecule has 1 aromatic heterocycles. The average Bonchev–Trinajstić information content (AvgIpc) is 3.01. The Morgan fingerprint density at radius 3 is 2.33 bits per heavy atom. The molecule has 0 aromatic carbocycles. The first kappa shape index (κ1) is 15.0. The van der Waals surface area contributed by atoms with E-state index in [0.29, 0.717) is 10.3 Å². The van der Waals surface area contributed by atoms with Crippen LogP contribution in [0.15, 0.2) is 6.07 Å². The van der Waals surface area contributed by atoms with Crippen molar-refractivity contribution in [2.24, 2.45) is 17.8 Å². The molecular formula is C14H13Cl2NO3S. The number of rotatable bonds is 3. The predicted octanol–water partition coefficient (Wildman–Crippen LogP) is 3.27. The van der Waals surface area contributed by atoms with E-state index in [4.69, 9.17) is 23.2 Å². The number of imide groups is 1. The van der Waals surface area contributed by atoms with Gasteiger partial charge in [0.1, 0.15) is 4.34 Å². The number of hydrogen-bond acceptors (Lipinski definition) is 4. The molecule has 21 heavy (non-hydrogen) atoms. The van der Waals surface area contributed by atoms with E-state index in [2.05, 4.69) is 0 Å². The summed E-state index contributed by atoms with van der Waals surface area (Å²) in [4.78, 5) is 37.9. The van der Waals surface area contributed by atoms with Crippen molar-refractivity contribution in [2.45, 2.75) is 19.8 Å². The molecule has 1 aliphatic carbocycles. The van der Waals surface area contributed by atoms with Crippen molar-refractivity contribution in [1.29, 1.82) is 0 Å². The van der Waals surface area contributed by atoms with Gasteiger partial charge in [0, 0.05) is 0 Å². The molecule has 2 fully saturated rings. The molecule has 2 amide bonds. The zero-order valence-corrected chi connectivity index (χ0v) is 13.6. The van der Waals surface area contributed by atoms with Crippen LogP contribution in [0.4, 0.5) is 0 Å². The van der Waals surface area contributed by atoms with Gasteiger partial charge in [0.15, 0.2) is 5.78 Å². The van der Waals surface area contributed by atoms with Crippen LogP contribution in [0.25, 0.3) is 0 Å². The highest BCUT2D eigenvalue weighted by Crippen LogP contribution is 2.43. The van der Waals surface area contributed by atoms with Crippen molar-refractivity contribution >= 4 is 52.1 Å². The molecule has 0 bridgehead atoms. The number of thiophene rings is 1. The fourth-order valence-electron chi connectivity index (χ4n) is 3.26. The Morgan fingerprint density at radius 1 is 1.29 bits per heavy atom. The molecule has 112 valence electrons. The summed E-state index contributed by atoms with van der Waals surface area (Å²) in [7, 11) is 0. The molecule has 1 saturated carbocycles. The molecule has 1 aliphatic heterocycles. The van der Waals surface area contributed by atoms with Crippen LogP contribution < -0.4 is 0 Å². The molecule has 1 aromatic rings. The molecule has 2 atom stereocenters. The number of ketones is 1. The highest BCUT2D eigenvalue weighted by Gasteiger charge is 2.52. The van der Waals surface area contributed by atoms with Gasteiger partial charge < -0.3 is 0 Å². The van der Waals surface area contributed by atoms with E-state index < -0.39 is 0 Å². The molecule has 0 spiro atoms. The minimum absolute atomic E-state index is 0.222. The lowest BCUT2D eigenvalue weighted by molar-refractivity contribution is -0.139. The largest absolute Gasteiger partial charge is 0.292 e. The standard InChI is InChI=1S/C14H13Cl2NO3S/c1-6-2-7-8(3-6)14(20)17(13(7)19)5-10(18)9-4-11(15)21-12(9)16/h4,6-8H,2-3,5H2,1H3. The van der Waals surface area contributed by atoms with Gasteiger partial charge in [0.05, 0.1) is 28.3 Å². The van der Waals surface area contributed by atoms with Crippen LogP contribution in [-0.4, -0.2) is 29.0 Å². The number of hydrogen-bond donors (Lipinski definition) is 0. The van der Waals surface area contributed by atoms with Gasteiger partial charge in [-0.2, -0.15) is 0 Å². The lowest BCUT2D eigenvalue weighted by Crippen LogP contribution is -2.36. The zero-order chi connectivity index (χ0) is 15.3. The number of amides is 2. The molecule has 2 unspecified atom stereocenters. The maximum absolute atomic E-state index is 12.3. The van der Waals surface area contributed by atoms with Crippen LogP contribution >= 0.6 is 34.5 Å². The van der Waals surface area contributed by atoms with E-state index in [1.54, 1.807) is 0 Å². The Kier molecular flexibility index (Phi) is 3.84. The van der Waals surface area contributed by atoms with Crippen LogP contribution in [-0.2, 0) is 9.59 Å². The molecule has 2 heterocycles. The lowest BCUT2D eigenvalue weighted by Gasteiger charge is -2.15. The van der Waals surface area contributed by atoms with Crippen LogP contribution in [0.5, 0.6) is 0 Å². The smallest absolute Gasteiger partial charge is 0.233 e. The topological polar surface area (TPSA) is 54.5 Å². The number of Topliss-reactive ketones (excluding diaryl/α,β-unsaturated/α-hetero) is 1. The fourth-order valence-corrected chi connectivity index (χ4v) is 4.76. The summed E-state index contributed by atoms with van der Waals surface area (Å²) in [5.74, 6) is -0.905. The van der Waals surface area contributed by atoms with Crippen LogP contribution in [0.3, 0.4) is 0 Å². The predicted molar refractivity (Wildman–Crippen MR) is 80.8 cm³/mol. The molecule has 0 N–H and O–H groups in total. The van der Waals surface area contributed by atoms with Crippen molar-refractivity contribution in [3.63, 3.8) is 0 Å². The number of fused-ring (bicyclic) bond motifs is 1. The molecule has 4 nitrogen and oxygen atoms in total. The van der Waals surface area contributed by atoms with Gasteiger partial charge in [0.25, 0.3) is 0 Å². The molecule has 3 rings (SSSR count). The van der Waals surface area contributed by atoms with E-state index in [0.717, 1.165) is 29.1 Å². The first-order valence-electron chi connectivity index (χ1n) is 6.71. The Labute approximate surface area is 136 Å². The summed E-state index contributed by atoms with van der Waals surface area (Å²) in [6, 6.07) is 1.48. The van der Waals surface area contributed by atoms with Gasteiger partial charge in [0.2, 0.25) is 11.8 Å². The Hall–Kier alpha value is -0.910. The van der Waals surface area contributed by atoms with Gasteiger partial charge in [-0.05, 0) is 24.8 Å². The molecule has 1 saturated heterocycles. The van der Waals surface area contributed by atoms with Crippen molar-refractivity contribution in [3.8, 4) is 0 Å². The van der Waals surface area contributed by atoms with Crippen molar-refractivity contribution in [2.75, 3.05) is 6.54 Å². The average molecular weight is 346 g/mol. The van der Waals surface area contributed by atoms with E-state index >= 15 is 0 Å². The van der Waals surface area contributed by atoms with Crippen molar-refractivity contribution in [1.82, 2.24) is 4.90 Å². The minimum Gasteiger partial charge on any atom is -0.292 e. The first-order valence-corrected chi connectivity index (χ1v) is 8.29. The van der Waals surface area contributed by atoms with Gasteiger partial charge in [-0.1, -0.05) is 30.1 Å². The maximum atomic E-state index is 12.3. The summed E-state index contributed by atoms with van der Waals surface area (Å²) < 4.78 is 0.700. The SMILES string of the molecule is CC1CC2C(=O)N(CC(=O)c3cc(Cl)sc3Cl)C(=O)C2C1. The third-order valence-electron chi connectivity index (χ3n) is 4.22. The molecule has 2 aliphatic rings. The number of carbonyl (C=O) groups is 3. The molecule has 7 heteroatoms. The third-order valence-corrected chi connectivity index (χ3v) is 5.71. The minimum atomic E-state index is -0.349. The monoisotopic (exact) mass is 345 g/mol. The number of halogens is 2.